The third kappa shape index (κ3) is 4.52. The Hall–Kier alpha value is -3.06. The van der Waals surface area contributed by atoms with Gasteiger partial charge in [-0.1, -0.05) is 42.1 Å². The first kappa shape index (κ1) is 17.8. The van der Waals surface area contributed by atoms with Gasteiger partial charge in [-0.25, -0.2) is 4.98 Å². The number of nitrogens with zero attached hydrogens (tertiary/aromatic N) is 2. The molecule has 2 amide bonds. The highest BCUT2D eigenvalue weighted by molar-refractivity contribution is 7.99. The molecule has 3 rings (SSSR count). The van der Waals surface area contributed by atoms with Crippen LogP contribution in [0.1, 0.15) is 15.9 Å². The van der Waals surface area contributed by atoms with Crippen LogP contribution in [0.25, 0.3) is 5.69 Å². The van der Waals surface area contributed by atoms with Crippen molar-refractivity contribution in [2.75, 3.05) is 5.75 Å². The lowest BCUT2D eigenvalue weighted by molar-refractivity contribution is -0.119. The van der Waals surface area contributed by atoms with E-state index in [0.717, 1.165) is 11.3 Å². The molecule has 26 heavy (non-hydrogen) atoms. The van der Waals surface area contributed by atoms with E-state index in [9.17, 15) is 9.59 Å². The average Bonchev–Trinajstić information content (AvgIpc) is 3.14. The van der Waals surface area contributed by atoms with Crippen LogP contribution in [0.3, 0.4) is 0 Å². The van der Waals surface area contributed by atoms with Gasteiger partial charge in [-0.3, -0.25) is 25.0 Å². The van der Waals surface area contributed by atoms with Crippen LogP contribution in [-0.4, -0.2) is 27.1 Å². The summed E-state index contributed by atoms with van der Waals surface area (Å²) in [5.41, 5.74) is 7.44. The van der Waals surface area contributed by atoms with E-state index in [1.165, 1.54) is 11.8 Å². The minimum atomic E-state index is -0.356. The lowest BCUT2D eigenvalue weighted by Gasteiger charge is -2.09. The van der Waals surface area contributed by atoms with E-state index >= 15 is 0 Å². The summed E-state index contributed by atoms with van der Waals surface area (Å²) in [6.45, 7) is 2.02. The Balaban J connectivity index is 1.54. The van der Waals surface area contributed by atoms with Crippen LogP contribution >= 0.6 is 11.8 Å². The molecule has 6 nitrogen and oxygen atoms in total. The molecule has 0 atom stereocenters. The van der Waals surface area contributed by atoms with E-state index in [1.807, 2.05) is 48.0 Å². The fourth-order valence-corrected chi connectivity index (χ4v) is 3.10. The molecule has 0 fully saturated rings. The zero-order valence-corrected chi connectivity index (χ0v) is 15.0. The van der Waals surface area contributed by atoms with Gasteiger partial charge in [-0.15, -0.1) is 0 Å². The van der Waals surface area contributed by atoms with Crippen LogP contribution in [0.2, 0.25) is 0 Å². The zero-order valence-electron chi connectivity index (χ0n) is 14.2. The van der Waals surface area contributed by atoms with Crippen LogP contribution in [-0.2, 0) is 4.79 Å². The molecule has 0 unspecified atom stereocenters. The first-order valence-electron chi connectivity index (χ1n) is 8.01. The van der Waals surface area contributed by atoms with Gasteiger partial charge >= 0.3 is 0 Å². The number of rotatable bonds is 5. The Labute approximate surface area is 155 Å². The summed E-state index contributed by atoms with van der Waals surface area (Å²) in [6, 6.07) is 16.7. The monoisotopic (exact) mass is 366 g/mol. The number of thioether (sulfide) groups is 1. The largest absolute Gasteiger partial charge is 0.295 e. The molecule has 132 valence electrons. The molecule has 0 radical (unpaired) electrons. The summed E-state index contributed by atoms with van der Waals surface area (Å²) in [6.07, 6.45) is 3.55. The molecule has 2 aromatic carbocycles. The molecule has 1 aromatic heterocycles. The molecule has 7 heteroatoms. The summed E-state index contributed by atoms with van der Waals surface area (Å²) in [7, 11) is 0. The smallest absolute Gasteiger partial charge is 0.269 e. The van der Waals surface area contributed by atoms with Gasteiger partial charge in [0.1, 0.15) is 0 Å². The molecule has 0 saturated heterocycles. The van der Waals surface area contributed by atoms with E-state index in [1.54, 1.807) is 30.5 Å². The molecule has 0 aliphatic carbocycles. The molecule has 0 bridgehead atoms. The highest BCUT2D eigenvalue weighted by Gasteiger charge is 2.10. The zero-order chi connectivity index (χ0) is 18.4. The molecule has 0 aliphatic heterocycles. The fourth-order valence-electron chi connectivity index (χ4n) is 2.33. The van der Waals surface area contributed by atoms with Crippen LogP contribution in [0.15, 0.2) is 72.1 Å². The van der Waals surface area contributed by atoms with Gasteiger partial charge in [-0.2, -0.15) is 0 Å². The number of amides is 2. The fraction of sp³-hybridized carbons (Fsp3) is 0.105. The van der Waals surface area contributed by atoms with Crippen molar-refractivity contribution >= 4 is 23.6 Å². The van der Waals surface area contributed by atoms with E-state index < -0.39 is 0 Å². The van der Waals surface area contributed by atoms with Crippen LogP contribution in [0.5, 0.6) is 0 Å². The highest BCUT2D eigenvalue weighted by atomic mass is 32.2. The van der Waals surface area contributed by atoms with Crippen molar-refractivity contribution < 1.29 is 9.59 Å². The normalized spacial score (nSPS) is 10.3. The number of benzene rings is 2. The molecular formula is C19H18N4O2S. The van der Waals surface area contributed by atoms with Gasteiger partial charge in [0.05, 0.1) is 5.75 Å². The maximum absolute atomic E-state index is 12.0. The summed E-state index contributed by atoms with van der Waals surface area (Å²) < 4.78 is 1.92. The van der Waals surface area contributed by atoms with Gasteiger partial charge in [-0.05, 0) is 36.8 Å². The van der Waals surface area contributed by atoms with E-state index in [4.69, 9.17) is 0 Å². The summed E-state index contributed by atoms with van der Waals surface area (Å²) in [5, 5.41) is 0.708. The van der Waals surface area contributed by atoms with Gasteiger partial charge in [0, 0.05) is 23.6 Å². The predicted octanol–water partition coefficient (Wildman–Crippen LogP) is 2.73. The van der Waals surface area contributed by atoms with E-state index in [0.29, 0.717) is 10.7 Å². The number of carbonyl (C=O) groups is 2. The average molecular weight is 366 g/mol. The standard InChI is InChI=1S/C19H18N4O2S/c1-14-6-5-9-16(12-14)23-11-10-20-19(23)26-13-17(24)21-22-18(25)15-7-3-2-4-8-15/h2-12H,13H2,1H3,(H,21,24)(H,22,25). The summed E-state index contributed by atoms with van der Waals surface area (Å²) in [5.74, 6) is -0.527. The first-order valence-corrected chi connectivity index (χ1v) is 8.99. The maximum Gasteiger partial charge on any atom is 0.269 e. The van der Waals surface area contributed by atoms with Crippen LogP contribution in [0, 0.1) is 6.92 Å². The quantitative estimate of drug-likeness (QED) is 0.538. The second-order valence-electron chi connectivity index (χ2n) is 5.58. The number of hydrogen-bond acceptors (Lipinski definition) is 4. The molecule has 3 aromatic rings. The number of hydrogen-bond donors (Lipinski definition) is 2. The molecule has 0 saturated carbocycles. The van der Waals surface area contributed by atoms with Crippen molar-refractivity contribution in [3.05, 3.63) is 78.1 Å². The topological polar surface area (TPSA) is 76.0 Å². The molecule has 0 aliphatic rings. The highest BCUT2D eigenvalue weighted by Crippen LogP contribution is 2.20. The summed E-state index contributed by atoms with van der Waals surface area (Å²) >= 11 is 1.30. The van der Waals surface area contributed by atoms with Crippen molar-refractivity contribution in [3.63, 3.8) is 0 Å². The van der Waals surface area contributed by atoms with Gasteiger partial charge in [0.15, 0.2) is 5.16 Å². The number of nitrogens with one attached hydrogen (secondary N) is 2. The number of aryl methyl sites for hydroxylation is 1. The SMILES string of the molecule is Cc1cccc(-n2ccnc2SCC(=O)NNC(=O)c2ccccc2)c1. The lowest BCUT2D eigenvalue weighted by Crippen LogP contribution is -2.42. The number of imidazole rings is 1. The van der Waals surface area contributed by atoms with Gasteiger partial charge < -0.3 is 0 Å². The molecule has 2 N–H and O–H groups in total. The van der Waals surface area contributed by atoms with Crippen molar-refractivity contribution in [2.24, 2.45) is 0 Å². The lowest BCUT2D eigenvalue weighted by atomic mass is 10.2. The maximum atomic E-state index is 12.0. The van der Waals surface area contributed by atoms with Crippen molar-refractivity contribution in [1.29, 1.82) is 0 Å². The minimum absolute atomic E-state index is 0.137. The first-order chi connectivity index (χ1) is 12.6. The molecule has 1 heterocycles. The third-order valence-electron chi connectivity index (χ3n) is 3.57. The Morgan fingerprint density at radius 3 is 2.65 bits per heavy atom. The molecule has 0 spiro atoms. The minimum Gasteiger partial charge on any atom is -0.295 e. The number of aromatic nitrogens is 2. The number of carbonyl (C=O) groups excluding carboxylic acids is 2. The number of hydrazine groups is 1. The van der Waals surface area contributed by atoms with Crippen molar-refractivity contribution in [1.82, 2.24) is 20.4 Å². The Kier molecular flexibility index (Phi) is 5.70. The summed E-state index contributed by atoms with van der Waals surface area (Å²) in [4.78, 5) is 28.2. The molecular weight excluding hydrogens is 348 g/mol. The predicted molar refractivity (Wildman–Crippen MR) is 101 cm³/mol. The van der Waals surface area contributed by atoms with Crippen molar-refractivity contribution in [3.8, 4) is 5.69 Å². The Morgan fingerprint density at radius 2 is 1.88 bits per heavy atom. The Morgan fingerprint density at radius 1 is 1.08 bits per heavy atom. The van der Waals surface area contributed by atoms with Crippen LogP contribution in [0.4, 0.5) is 0 Å². The van der Waals surface area contributed by atoms with Gasteiger partial charge in [0.25, 0.3) is 5.91 Å². The van der Waals surface area contributed by atoms with E-state index in [-0.39, 0.29) is 17.6 Å². The van der Waals surface area contributed by atoms with E-state index in [2.05, 4.69) is 15.8 Å². The van der Waals surface area contributed by atoms with Gasteiger partial charge in [0.2, 0.25) is 5.91 Å². The van der Waals surface area contributed by atoms with Crippen molar-refractivity contribution in [2.45, 2.75) is 12.1 Å². The third-order valence-corrected chi connectivity index (χ3v) is 4.54. The second kappa shape index (κ2) is 8.35. The second-order valence-corrected chi connectivity index (χ2v) is 6.52. The Bertz CT molecular complexity index is 909. The van der Waals surface area contributed by atoms with Crippen LogP contribution < -0.4 is 10.9 Å².